The number of carbonyl (C=O) groups is 3. The van der Waals surface area contributed by atoms with Crippen molar-refractivity contribution < 1.29 is 24.2 Å². The number of primary amides is 1. The number of amides is 3. The standard InChI is InChI=1S/C12H15N3O5/c13-12(19)15-9-3-1-8(2-4-9)11(18)14-5-6-20-7-10(16)17/h1-4H,5-7H2,(H,14,18)(H,16,17)(H3,13,15,19). The summed E-state index contributed by atoms with van der Waals surface area (Å²) in [7, 11) is 0. The van der Waals surface area contributed by atoms with Gasteiger partial charge in [0.1, 0.15) is 6.61 Å². The van der Waals surface area contributed by atoms with E-state index in [-0.39, 0.29) is 19.1 Å². The summed E-state index contributed by atoms with van der Waals surface area (Å²) in [5.74, 6) is -1.39. The lowest BCUT2D eigenvalue weighted by Crippen LogP contribution is -2.28. The summed E-state index contributed by atoms with van der Waals surface area (Å²) in [6.45, 7) is -0.0872. The minimum Gasteiger partial charge on any atom is -0.480 e. The highest BCUT2D eigenvalue weighted by molar-refractivity contribution is 5.95. The minimum atomic E-state index is -1.06. The van der Waals surface area contributed by atoms with Gasteiger partial charge in [-0.05, 0) is 24.3 Å². The zero-order chi connectivity index (χ0) is 15.0. The average Bonchev–Trinajstić information content (AvgIpc) is 2.38. The smallest absolute Gasteiger partial charge is 0.329 e. The van der Waals surface area contributed by atoms with E-state index in [4.69, 9.17) is 15.6 Å². The second kappa shape index (κ2) is 7.74. The van der Waals surface area contributed by atoms with E-state index >= 15 is 0 Å². The number of hydrogen-bond acceptors (Lipinski definition) is 4. The molecule has 0 aromatic heterocycles. The van der Waals surface area contributed by atoms with Crippen LogP contribution in [0.4, 0.5) is 10.5 Å². The molecular weight excluding hydrogens is 266 g/mol. The van der Waals surface area contributed by atoms with E-state index in [1.54, 1.807) is 12.1 Å². The third kappa shape index (κ3) is 5.83. The first kappa shape index (κ1) is 15.4. The summed E-state index contributed by atoms with van der Waals surface area (Å²) in [5, 5.41) is 13.3. The molecular formula is C12H15N3O5. The highest BCUT2D eigenvalue weighted by atomic mass is 16.5. The van der Waals surface area contributed by atoms with Crippen LogP contribution in [0.3, 0.4) is 0 Å². The predicted octanol–water partition coefficient (Wildman–Crippen LogP) is 0.00820. The van der Waals surface area contributed by atoms with E-state index in [0.29, 0.717) is 11.3 Å². The van der Waals surface area contributed by atoms with Crippen LogP contribution in [0.15, 0.2) is 24.3 Å². The number of ether oxygens (including phenoxy) is 1. The molecule has 0 unspecified atom stereocenters. The van der Waals surface area contributed by atoms with E-state index in [0.717, 1.165) is 0 Å². The lowest BCUT2D eigenvalue weighted by molar-refractivity contribution is -0.142. The molecule has 0 radical (unpaired) electrons. The number of carboxylic acid groups (broad SMARTS) is 1. The van der Waals surface area contributed by atoms with Crippen LogP contribution < -0.4 is 16.4 Å². The number of urea groups is 1. The molecule has 0 aliphatic heterocycles. The van der Waals surface area contributed by atoms with E-state index in [1.807, 2.05) is 0 Å². The van der Waals surface area contributed by atoms with E-state index < -0.39 is 18.6 Å². The van der Waals surface area contributed by atoms with Crippen molar-refractivity contribution >= 4 is 23.6 Å². The average molecular weight is 281 g/mol. The van der Waals surface area contributed by atoms with Crippen LogP contribution in [-0.4, -0.2) is 42.8 Å². The first-order valence-electron chi connectivity index (χ1n) is 5.73. The fourth-order valence-electron chi connectivity index (χ4n) is 1.35. The van der Waals surface area contributed by atoms with Crippen LogP contribution >= 0.6 is 0 Å². The molecule has 0 saturated heterocycles. The summed E-state index contributed by atoms with van der Waals surface area (Å²) in [5.41, 5.74) is 5.84. The predicted molar refractivity (Wildman–Crippen MR) is 70.4 cm³/mol. The Bertz CT molecular complexity index is 486. The van der Waals surface area contributed by atoms with Gasteiger partial charge in [0.05, 0.1) is 6.61 Å². The van der Waals surface area contributed by atoms with Gasteiger partial charge in [-0.25, -0.2) is 9.59 Å². The van der Waals surface area contributed by atoms with Crippen molar-refractivity contribution in [1.29, 1.82) is 0 Å². The second-order valence-corrected chi connectivity index (χ2v) is 3.77. The molecule has 0 saturated carbocycles. The zero-order valence-corrected chi connectivity index (χ0v) is 10.6. The van der Waals surface area contributed by atoms with Crippen molar-refractivity contribution in [1.82, 2.24) is 5.32 Å². The Labute approximate surface area is 114 Å². The zero-order valence-electron chi connectivity index (χ0n) is 10.6. The molecule has 0 aliphatic rings. The van der Waals surface area contributed by atoms with Crippen LogP contribution in [0.2, 0.25) is 0 Å². The van der Waals surface area contributed by atoms with Crippen molar-refractivity contribution in [3.05, 3.63) is 29.8 Å². The van der Waals surface area contributed by atoms with Crippen LogP contribution in [-0.2, 0) is 9.53 Å². The molecule has 5 N–H and O–H groups in total. The first-order chi connectivity index (χ1) is 9.49. The molecule has 0 aliphatic carbocycles. The number of aliphatic carboxylic acids is 1. The molecule has 0 fully saturated rings. The van der Waals surface area contributed by atoms with Gasteiger partial charge < -0.3 is 26.2 Å². The van der Waals surface area contributed by atoms with Gasteiger partial charge in [0, 0.05) is 17.8 Å². The van der Waals surface area contributed by atoms with Crippen LogP contribution in [0, 0.1) is 0 Å². The quantitative estimate of drug-likeness (QED) is 0.523. The number of nitrogens with one attached hydrogen (secondary N) is 2. The van der Waals surface area contributed by atoms with Crippen molar-refractivity contribution in [3.63, 3.8) is 0 Å². The summed E-state index contributed by atoms with van der Waals surface area (Å²) in [6.07, 6.45) is 0. The number of hydrogen-bond donors (Lipinski definition) is 4. The number of anilines is 1. The van der Waals surface area contributed by atoms with Crippen molar-refractivity contribution in [2.24, 2.45) is 5.73 Å². The monoisotopic (exact) mass is 281 g/mol. The number of rotatable bonds is 7. The molecule has 0 bridgehead atoms. The lowest BCUT2D eigenvalue weighted by atomic mass is 10.2. The van der Waals surface area contributed by atoms with Gasteiger partial charge in [-0.2, -0.15) is 0 Å². The Hall–Kier alpha value is -2.61. The van der Waals surface area contributed by atoms with Crippen LogP contribution in [0.1, 0.15) is 10.4 Å². The molecule has 8 nitrogen and oxygen atoms in total. The maximum atomic E-state index is 11.7. The maximum Gasteiger partial charge on any atom is 0.329 e. The summed E-state index contributed by atoms with van der Waals surface area (Å²) < 4.78 is 4.77. The van der Waals surface area contributed by atoms with Gasteiger partial charge >= 0.3 is 12.0 Å². The van der Waals surface area contributed by atoms with Gasteiger partial charge in [-0.1, -0.05) is 0 Å². The molecule has 1 rings (SSSR count). The SMILES string of the molecule is NC(=O)Nc1ccc(C(=O)NCCOCC(=O)O)cc1. The van der Waals surface area contributed by atoms with Crippen LogP contribution in [0.25, 0.3) is 0 Å². The van der Waals surface area contributed by atoms with Crippen molar-refractivity contribution in [3.8, 4) is 0 Å². The summed E-state index contributed by atoms with van der Waals surface area (Å²) >= 11 is 0. The number of benzene rings is 1. The largest absolute Gasteiger partial charge is 0.480 e. The van der Waals surface area contributed by atoms with E-state index in [1.165, 1.54) is 12.1 Å². The van der Waals surface area contributed by atoms with E-state index in [9.17, 15) is 14.4 Å². The lowest BCUT2D eigenvalue weighted by Gasteiger charge is -2.06. The minimum absolute atomic E-state index is 0.110. The molecule has 0 spiro atoms. The van der Waals surface area contributed by atoms with Gasteiger partial charge in [0.25, 0.3) is 5.91 Å². The van der Waals surface area contributed by atoms with Crippen LogP contribution in [0.5, 0.6) is 0 Å². The number of carbonyl (C=O) groups excluding carboxylic acids is 2. The van der Waals surface area contributed by atoms with Gasteiger partial charge in [0.2, 0.25) is 0 Å². The van der Waals surface area contributed by atoms with Gasteiger partial charge in [-0.15, -0.1) is 0 Å². The number of carboxylic acids is 1. The third-order valence-electron chi connectivity index (χ3n) is 2.17. The Balaban J connectivity index is 2.36. The second-order valence-electron chi connectivity index (χ2n) is 3.77. The highest BCUT2D eigenvalue weighted by Crippen LogP contribution is 2.08. The molecule has 20 heavy (non-hydrogen) atoms. The van der Waals surface area contributed by atoms with E-state index in [2.05, 4.69) is 10.6 Å². The highest BCUT2D eigenvalue weighted by Gasteiger charge is 2.05. The summed E-state index contributed by atoms with van der Waals surface area (Å²) in [4.78, 5) is 32.5. The molecule has 0 atom stereocenters. The molecule has 8 heteroatoms. The summed E-state index contributed by atoms with van der Waals surface area (Å²) in [6, 6.07) is 5.45. The fourth-order valence-corrected chi connectivity index (χ4v) is 1.35. The Kier molecular flexibility index (Phi) is 5.98. The number of nitrogens with two attached hydrogens (primary N) is 1. The Morgan fingerprint density at radius 3 is 2.40 bits per heavy atom. The third-order valence-corrected chi connectivity index (χ3v) is 2.17. The fraction of sp³-hybridized carbons (Fsp3) is 0.250. The van der Waals surface area contributed by atoms with Gasteiger partial charge in [-0.3, -0.25) is 4.79 Å². The molecule has 1 aromatic rings. The molecule has 3 amide bonds. The molecule has 1 aromatic carbocycles. The molecule has 108 valence electrons. The van der Waals surface area contributed by atoms with Crippen molar-refractivity contribution in [2.75, 3.05) is 25.1 Å². The Morgan fingerprint density at radius 2 is 1.85 bits per heavy atom. The van der Waals surface area contributed by atoms with Crippen molar-refractivity contribution in [2.45, 2.75) is 0 Å². The first-order valence-corrected chi connectivity index (χ1v) is 5.73. The molecule has 0 heterocycles. The normalized spacial score (nSPS) is 9.80. The maximum absolute atomic E-state index is 11.7. The topological polar surface area (TPSA) is 131 Å². The Morgan fingerprint density at radius 1 is 1.20 bits per heavy atom. The van der Waals surface area contributed by atoms with Gasteiger partial charge in [0.15, 0.2) is 0 Å².